The highest BCUT2D eigenvalue weighted by Gasteiger charge is 2.40. The fourth-order valence-corrected chi connectivity index (χ4v) is 4.94. The second kappa shape index (κ2) is 6.21. The minimum atomic E-state index is -3.39. The Hall–Kier alpha value is -1.29. The molecule has 2 saturated heterocycles. The molecule has 3 aliphatic rings. The Morgan fingerprint density at radius 1 is 1.12 bits per heavy atom. The van der Waals surface area contributed by atoms with Crippen molar-refractivity contribution in [3.05, 3.63) is 28.2 Å². The van der Waals surface area contributed by atoms with Crippen molar-refractivity contribution in [2.24, 2.45) is 5.92 Å². The molecular formula is C15H22N4O4S. The molecule has 3 fully saturated rings. The lowest BCUT2D eigenvalue weighted by Gasteiger charge is -2.41. The Kier molecular flexibility index (Phi) is 4.19. The van der Waals surface area contributed by atoms with Gasteiger partial charge >= 0.3 is 0 Å². The van der Waals surface area contributed by atoms with Crippen LogP contribution in [-0.4, -0.2) is 66.2 Å². The number of morpholine rings is 1. The molecule has 0 bridgehead atoms. The summed E-state index contributed by atoms with van der Waals surface area (Å²) in [6.07, 6.45) is 2.28. The van der Waals surface area contributed by atoms with Crippen molar-refractivity contribution >= 4 is 10.2 Å². The number of hydrogen-bond donors (Lipinski definition) is 0. The average molecular weight is 354 g/mol. The molecule has 1 saturated carbocycles. The summed E-state index contributed by atoms with van der Waals surface area (Å²) in [6.45, 7) is 3.09. The maximum Gasteiger partial charge on any atom is 0.282 e. The Morgan fingerprint density at radius 2 is 1.83 bits per heavy atom. The van der Waals surface area contributed by atoms with Crippen LogP contribution in [-0.2, 0) is 21.5 Å². The van der Waals surface area contributed by atoms with Crippen LogP contribution in [0, 0.1) is 5.92 Å². The van der Waals surface area contributed by atoms with E-state index in [0.29, 0.717) is 51.9 Å². The Labute approximate surface area is 141 Å². The zero-order chi connectivity index (χ0) is 16.7. The van der Waals surface area contributed by atoms with E-state index >= 15 is 0 Å². The lowest BCUT2D eigenvalue weighted by atomic mass is 10.0. The summed E-state index contributed by atoms with van der Waals surface area (Å²) >= 11 is 0. The fraction of sp³-hybridized carbons (Fsp3) is 0.733. The molecule has 2 aliphatic heterocycles. The van der Waals surface area contributed by atoms with Gasteiger partial charge < -0.3 is 4.74 Å². The van der Waals surface area contributed by atoms with Crippen LogP contribution in [0.4, 0.5) is 0 Å². The van der Waals surface area contributed by atoms with Crippen LogP contribution in [0.1, 0.15) is 24.5 Å². The summed E-state index contributed by atoms with van der Waals surface area (Å²) in [7, 11) is -3.39. The summed E-state index contributed by atoms with van der Waals surface area (Å²) in [5.41, 5.74) is 0.862. The van der Waals surface area contributed by atoms with Crippen LogP contribution in [0.25, 0.3) is 0 Å². The molecule has 0 amide bonds. The number of hydrogen-bond acceptors (Lipinski definition) is 5. The first-order chi connectivity index (χ1) is 11.5. The van der Waals surface area contributed by atoms with Gasteiger partial charge in [-0.15, -0.1) is 0 Å². The fourth-order valence-electron chi connectivity index (χ4n) is 3.20. The number of rotatable bonds is 5. The topological polar surface area (TPSA) is 84.7 Å². The van der Waals surface area contributed by atoms with Gasteiger partial charge in [0.15, 0.2) is 0 Å². The molecule has 1 aromatic heterocycles. The highest BCUT2D eigenvalue weighted by molar-refractivity contribution is 7.86. The van der Waals surface area contributed by atoms with Gasteiger partial charge in [0.05, 0.1) is 25.5 Å². The maximum atomic E-state index is 12.5. The van der Waals surface area contributed by atoms with Crippen LogP contribution in [0.3, 0.4) is 0 Å². The highest BCUT2D eigenvalue weighted by Crippen LogP contribution is 2.38. The summed E-state index contributed by atoms with van der Waals surface area (Å²) in [6, 6.07) is 3.38. The zero-order valence-electron chi connectivity index (χ0n) is 13.5. The molecule has 24 heavy (non-hydrogen) atoms. The van der Waals surface area contributed by atoms with Crippen LogP contribution >= 0.6 is 0 Å². The van der Waals surface area contributed by atoms with Crippen molar-refractivity contribution in [1.29, 1.82) is 0 Å². The second-order valence-electron chi connectivity index (χ2n) is 6.76. The molecule has 4 rings (SSSR count). The minimum absolute atomic E-state index is 0.117. The molecular weight excluding hydrogens is 332 g/mol. The van der Waals surface area contributed by atoms with E-state index in [1.165, 1.54) is 13.3 Å². The van der Waals surface area contributed by atoms with Crippen molar-refractivity contribution < 1.29 is 13.2 Å². The summed E-state index contributed by atoms with van der Waals surface area (Å²) < 4.78 is 34.7. The molecule has 9 heteroatoms. The molecule has 8 nitrogen and oxygen atoms in total. The molecule has 0 N–H and O–H groups in total. The van der Waals surface area contributed by atoms with Crippen molar-refractivity contribution in [3.8, 4) is 0 Å². The van der Waals surface area contributed by atoms with E-state index in [1.807, 2.05) is 6.07 Å². The first kappa shape index (κ1) is 16.2. The molecule has 0 aromatic carbocycles. The normalized spacial score (nSPS) is 24.0. The van der Waals surface area contributed by atoms with Crippen LogP contribution < -0.4 is 5.56 Å². The van der Waals surface area contributed by atoms with Gasteiger partial charge in [0, 0.05) is 44.1 Å². The highest BCUT2D eigenvalue weighted by atomic mass is 32.2. The van der Waals surface area contributed by atoms with E-state index in [2.05, 4.69) is 5.10 Å². The second-order valence-corrected chi connectivity index (χ2v) is 8.68. The third-order valence-corrected chi connectivity index (χ3v) is 6.83. The summed E-state index contributed by atoms with van der Waals surface area (Å²) in [5, 5.41) is 4.44. The zero-order valence-corrected chi connectivity index (χ0v) is 14.3. The first-order valence-electron chi connectivity index (χ1n) is 8.45. The van der Waals surface area contributed by atoms with Gasteiger partial charge in [0.1, 0.15) is 0 Å². The average Bonchev–Trinajstić information content (AvgIpc) is 3.37. The summed E-state index contributed by atoms with van der Waals surface area (Å²) in [4.78, 5) is 12.0. The third kappa shape index (κ3) is 3.13. The lowest BCUT2D eigenvalue weighted by molar-refractivity contribution is 0.0654. The van der Waals surface area contributed by atoms with E-state index in [0.717, 1.165) is 18.5 Å². The van der Waals surface area contributed by atoms with E-state index in [-0.39, 0.29) is 11.5 Å². The van der Waals surface area contributed by atoms with Gasteiger partial charge in [0.25, 0.3) is 15.8 Å². The Balaban J connectivity index is 1.37. The van der Waals surface area contributed by atoms with Crippen LogP contribution in [0.5, 0.6) is 0 Å². The number of nitrogens with zero attached hydrogens (tertiary/aromatic N) is 4. The molecule has 1 aliphatic carbocycles. The molecule has 1 aromatic rings. The molecule has 0 spiro atoms. The quantitative estimate of drug-likeness (QED) is 0.720. The minimum Gasteiger partial charge on any atom is -0.379 e. The van der Waals surface area contributed by atoms with E-state index in [4.69, 9.17) is 4.74 Å². The van der Waals surface area contributed by atoms with E-state index < -0.39 is 10.2 Å². The van der Waals surface area contributed by atoms with E-state index in [9.17, 15) is 13.2 Å². The van der Waals surface area contributed by atoms with E-state index in [1.54, 1.807) is 6.07 Å². The predicted octanol–water partition coefficient (Wildman–Crippen LogP) is -0.370. The van der Waals surface area contributed by atoms with Gasteiger partial charge in [0.2, 0.25) is 0 Å². The SMILES string of the molecule is O=c1ccc(C2CC2)nn1CC1CN(S(=O)(=O)N2CCOCC2)C1. The summed E-state index contributed by atoms with van der Waals surface area (Å²) in [5.74, 6) is 0.636. The van der Waals surface area contributed by atoms with Crippen LogP contribution in [0.15, 0.2) is 16.9 Å². The number of aromatic nitrogens is 2. The smallest absolute Gasteiger partial charge is 0.282 e. The molecule has 0 radical (unpaired) electrons. The monoisotopic (exact) mass is 354 g/mol. The van der Waals surface area contributed by atoms with Crippen LogP contribution in [0.2, 0.25) is 0 Å². The standard InChI is InChI=1S/C15H22N4O4S/c20-15-4-3-14(13-1-2-13)16-19(15)11-12-9-18(10-12)24(21,22)17-5-7-23-8-6-17/h3-4,12-13H,1-2,5-11H2. The maximum absolute atomic E-state index is 12.5. The van der Waals surface area contributed by atoms with Gasteiger partial charge in [-0.05, 0) is 18.9 Å². The van der Waals surface area contributed by atoms with Gasteiger partial charge in [-0.25, -0.2) is 4.68 Å². The van der Waals surface area contributed by atoms with Crippen molar-refractivity contribution in [2.75, 3.05) is 39.4 Å². The molecule has 3 heterocycles. The van der Waals surface area contributed by atoms with Gasteiger partial charge in [-0.1, -0.05) is 0 Å². The third-order valence-electron chi connectivity index (χ3n) is 4.86. The predicted molar refractivity (Wildman–Crippen MR) is 86.8 cm³/mol. The first-order valence-corrected chi connectivity index (χ1v) is 9.85. The molecule has 0 unspecified atom stereocenters. The number of ether oxygens (including phenoxy) is 1. The largest absolute Gasteiger partial charge is 0.379 e. The molecule has 0 atom stereocenters. The van der Waals surface area contributed by atoms with Gasteiger partial charge in [-0.2, -0.15) is 22.1 Å². The van der Waals surface area contributed by atoms with Gasteiger partial charge in [-0.3, -0.25) is 4.79 Å². The van der Waals surface area contributed by atoms with Crippen molar-refractivity contribution in [3.63, 3.8) is 0 Å². The Morgan fingerprint density at radius 3 is 2.50 bits per heavy atom. The molecule has 132 valence electrons. The van der Waals surface area contributed by atoms with Crippen molar-refractivity contribution in [2.45, 2.75) is 25.3 Å². The lowest BCUT2D eigenvalue weighted by Crippen LogP contribution is -2.58. The van der Waals surface area contributed by atoms with Crippen molar-refractivity contribution in [1.82, 2.24) is 18.4 Å². The Bertz CT molecular complexity index is 762.